The largest absolute Gasteiger partial charge is 0.504 e. The first-order chi connectivity index (χ1) is 16.8. The van der Waals surface area contributed by atoms with Crippen molar-refractivity contribution in [2.75, 3.05) is 26.8 Å². The zero-order valence-electron chi connectivity index (χ0n) is 21.2. The van der Waals surface area contributed by atoms with E-state index in [4.69, 9.17) is 14.2 Å². The Balaban J connectivity index is 1.41. The molecule has 1 N–H and O–H groups in total. The van der Waals surface area contributed by atoms with Crippen LogP contribution in [0.25, 0.3) is 0 Å². The van der Waals surface area contributed by atoms with Gasteiger partial charge in [0.1, 0.15) is 11.7 Å². The Morgan fingerprint density at radius 3 is 2.83 bits per heavy atom. The second-order valence-corrected chi connectivity index (χ2v) is 13.4. The second-order valence-electron chi connectivity index (χ2n) is 12.7. The van der Waals surface area contributed by atoms with E-state index >= 15 is 0 Å². The number of hydrogen-bond donors (Lipinski definition) is 1. The molecule has 1 aromatic rings. The van der Waals surface area contributed by atoms with Gasteiger partial charge >= 0.3 is 0 Å². The van der Waals surface area contributed by atoms with E-state index in [1.807, 2.05) is 17.3 Å². The van der Waals surface area contributed by atoms with Crippen LogP contribution in [0.3, 0.4) is 0 Å². The third kappa shape index (κ3) is 2.81. The van der Waals surface area contributed by atoms with Crippen molar-refractivity contribution in [1.29, 1.82) is 0 Å². The van der Waals surface area contributed by atoms with E-state index in [0.29, 0.717) is 18.4 Å². The van der Waals surface area contributed by atoms with Crippen molar-refractivity contribution in [3.05, 3.63) is 33.4 Å². The van der Waals surface area contributed by atoms with Crippen LogP contribution in [0.1, 0.15) is 63.5 Å². The number of phenols is 1. The fraction of sp³-hybridized carbons (Fsp3) is 0.724. The number of hydrogen-bond acceptors (Lipinski definition) is 5. The Hall–Kier alpha value is -0.830. The van der Waals surface area contributed by atoms with Gasteiger partial charge in [0, 0.05) is 42.0 Å². The Bertz CT molecular complexity index is 1080. The number of phenolic OH excluding ortho intramolecular Hbond substituents is 1. The SMILES string of the molecule is CO[C@]12CC[C@@]3(C[C@@H]1C(C)(C)OC/C=C/[125I])[C@H]1Cc4ccc(O)c5c4[C@@]3(CCN1CC1CC1)[C@H]2O5. The lowest BCUT2D eigenvalue weighted by Gasteiger charge is -2.75. The molecular weight excluding hydrogens is 551 g/mol. The molecule has 6 atom stereocenters. The first-order valence-electron chi connectivity index (χ1n) is 13.5. The monoisotopic (exact) mass is 589 g/mol. The number of likely N-dealkylation sites (tertiary alicyclic amines) is 1. The van der Waals surface area contributed by atoms with Gasteiger partial charge in [-0.25, -0.2) is 0 Å². The molecule has 4 saturated carbocycles. The van der Waals surface area contributed by atoms with E-state index in [-0.39, 0.29) is 28.5 Å². The van der Waals surface area contributed by atoms with E-state index < -0.39 is 5.60 Å². The standard InChI is InChI=1S/C29H38INO4/c1-26(2,34-14-4-12-30)21-16-27-9-10-29(21,33-3)25-28(27)11-13-31(17-18-5-6-18)22(27)15-19-7-8-20(32)24(35-25)23(19)28/h4,7-8,12,18,21-22,25,32H,5-6,9-11,13-17H2,1-3H3/b12-4+/t21-,22-,25-,27-,28+,29-/m1/s1/i30-2. The molecule has 190 valence electrons. The second kappa shape index (κ2) is 7.61. The zero-order chi connectivity index (χ0) is 24.2. The lowest BCUT2D eigenvalue weighted by Crippen LogP contribution is -2.82. The van der Waals surface area contributed by atoms with Crippen molar-refractivity contribution in [3.63, 3.8) is 0 Å². The van der Waals surface area contributed by atoms with Gasteiger partial charge in [-0.3, -0.25) is 4.90 Å². The van der Waals surface area contributed by atoms with E-state index in [2.05, 4.69) is 53.5 Å². The molecule has 0 amide bonds. The number of fused-ring (bicyclic) bond motifs is 2. The summed E-state index contributed by atoms with van der Waals surface area (Å²) < 4.78 is 22.2. The molecule has 5 aliphatic carbocycles. The van der Waals surface area contributed by atoms with Crippen molar-refractivity contribution >= 4 is 22.6 Å². The highest BCUT2D eigenvalue weighted by Gasteiger charge is 2.81. The molecule has 2 aliphatic heterocycles. The third-order valence-corrected chi connectivity index (χ3v) is 11.6. The van der Waals surface area contributed by atoms with Gasteiger partial charge in [-0.05, 0) is 87.0 Å². The topological polar surface area (TPSA) is 51.2 Å². The number of ether oxygens (including phenoxy) is 3. The molecule has 5 nitrogen and oxygen atoms in total. The van der Waals surface area contributed by atoms with Crippen LogP contribution in [0, 0.1) is 17.3 Å². The summed E-state index contributed by atoms with van der Waals surface area (Å²) in [5.74, 6) is 2.15. The molecule has 8 rings (SSSR count). The molecular formula is C29H38INO4. The van der Waals surface area contributed by atoms with Crippen LogP contribution in [-0.4, -0.2) is 60.2 Å². The molecule has 2 heterocycles. The van der Waals surface area contributed by atoms with E-state index in [1.54, 1.807) is 0 Å². The van der Waals surface area contributed by atoms with Crippen LogP contribution in [0.2, 0.25) is 0 Å². The molecule has 0 aromatic heterocycles. The van der Waals surface area contributed by atoms with Crippen LogP contribution in [0.15, 0.2) is 22.3 Å². The minimum absolute atomic E-state index is 0.0802. The van der Waals surface area contributed by atoms with Gasteiger partial charge in [-0.15, -0.1) is 0 Å². The lowest BCUT2D eigenvalue weighted by atomic mass is 9.34. The summed E-state index contributed by atoms with van der Waals surface area (Å²) in [6.07, 6.45) is 10.2. The summed E-state index contributed by atoms with van der Waals surface area (Å²) in [5.41, 5.74) is 1.99. The normalized spacial score (nSPS) is 41.3. The van der Waals surface area contributed by atoms with E-state index in [0.717, 1.165) is 43.9 Å². The Labute approximate surface area is 222 Å². The van der Waals surface area contributed by atoms with Crippen LogP contribution in [0.4, 0.5) is 0 Å². The number of piperidine rings is 1. The number of halogens is 1. The highest BCUT2D eigenvalue weighted by atomic mass is 125. The summed E-state index contributed by atoms with van der Waals surface area (Å²) in [5, 5.41) is 11.0. The van der Waals surface area contributed by atoms with Gasteiger partial charge in [0.05, 0.1) is 12.2 Å². The first-order valence-corrected chi connectivity index (χ1v) is 14.8. The smallest absolute Gasteiger partial charge is 0.165 e. The first kappa shape index (κ1) is 23.3. The van der Waals surface area contributed by atoms with Gasteiger partial charge in [-0.1, -0.05) is 34.7 Å². The third-order valence-electron chi connectivity index (χ3n) is 11.1. The molecule has 1 saturated heterocycles. The minimum Gasteiger partial charge on any atom is -0.504 e. The van der Waals surface area contributed by atoms with Gasteiger partial charge in [0.25, 0.3) is 0 Å². The average Bonchev–Trinajstić information content (AvgIpc) is 3.59. The fourth-order valence-corrected chi connectivity index (χ4v) is 9.82. The molecule has 6 heteroatoms. The molecule has 1 aromatic carbocycles. The number of aromatic hydroxyl groups is 1. The molecule has 4 bridgehead atoms. The average molecular weight is 590 g/mol. The molecule has 35 heavy (non-hydrogen) atoms. The summed E-state index contributed by atoms with van der Waals surface area (Å²) in [6.45, 7) is 7.50. The summed E-state index contributed by atoms with van der Waals surface area (Å²) in [6, 6.07) is 4.57. The van der Waals surface area contributed by atoms with E-state index in [1.165, 1.54) is 36.9 Å². The van der Waals surface area contributed by atoms with Crippen LogP contribution in [0.5, 0.6) is 11.5 Å². The molecule has 7 aliphatic rings. The minimum atomic E-state index is -0.428. The summed E-state index contributed by atoms with van der Waals surface area (Å²) in [4.78, 5) is 2.86. The Morgan fingerprint density at radius 1 is 1.26 bits per heavy atom. The van der Waals surface area contributed by atoms with E-state index in [9.17, 15) is 5.11 Å². The maximum absolute atomic E-state index is 11.0. The number of nitrogens with zero attached hydrogens (tertiary/aromatic N) is 1. The molecule has 0 radical (unpaired) electrons. The van der Waals surface area contributed by atoms with Crippen molar-refractivity contribution in [2.45, 2.75) is 87.6 Å². The van der Waals surface area contributed by atoms with Gasteiger partial charge in [0.15, 0.2) is 11.5 Å². The van der Waals surface area contributed by atoms with Crippen LogP contribution < -0.4 is 4.74 Å². The van der Waals surface area contributed by atoms with Crippen LogP contribution in [-0.2, 0) is 21.3 Å². The Morgan fingerprint density at radius 2 is 2.09 bits per heavy atom. The van der Waals surface area contributed by atoms with Crippen molar-refractivity contribution < 1.29 is 19.3 Å². The number of methoxy groups -OCH3 is 1. The van der Waals surface area contributed by atoms with Crippen molar-refractivity contribution in [2.24, 2.45) is 17.3 Å². The maximum Gasteiger partial charge on any atom is 0.165 e. The van der Waals surface area contributed by atoms with Crippen molar-refractivity contribution in [3.8, 4) is 11.5 Å². The van der Waals surface area contributed by atoms with Gasteiger partial charge in [0.2, 0.25) is 0 Å². The molecule has 0 unspecified atom stereocenters. The number of benzene rings is 1. The molecule has 5 fully saturated rings. The summed E-state index contributed by atoms with van der Waals surface area (Å²) in [7, 11) is 1.89. The Kier molecular flexibility index (Phi) is 5.06. The maximum atomic E-state index is 11.0. The van der Waals surface area contributed by atoms with Gasteiger partial charge < -0.3 is 19.3 Å². The predicted octanol–water partition coefficient (Wildman–Crippen LogP) is 5.36. The molecule has 2 spiro atoms. The van der Waals surface area contributed by atoms with Crippen molar-refractivity contribution in [1.82, 2.24) is 4.90 Å². The van der Waals surface area contributed by atoms with Crippen LogP contribution >= 0.6 is 22.6 Å². The van der Waals surface area contributed by atoms with Gasteiger partial charge in [-0.2, -0.15) is 0 Å². The lowest BCUT2D eigenvalue weighted by molar-refractivity contribution is -0.304. The fourth-order valence-electron chi connectivity index (χ4n) is 9.62. The zero-order valence-corrected chi connectivity index (χ0v) is 23.3. The highest BCUT2D eigenvalue weighted by Crippen LogP contribution is 2.77. The predicted molar refractivity (Wildman–Crippen MR) is 143 cm³/mol. The highest BCUT2D eigenvalue weighted by molar-refractivity contribution is 14.1. The quantitative estimate of drug-likeness (QED) is 0.435. The number of rotatable bonds is 7. The summed E-state index contributed by atoms with van der Waals surface area (Å²) >= 11 is 2.26.